The fraction of sp³-hybridized carbons (Fsp3) is 1.00. The second kappa shape index (κ2) is 13.3. The lowest BCUT2D eigenvalue weighted by molar-refractivity contribution is 0.146. The van der Waals surface area contributed by atoms with Crippen LogP contribution >= 0.6 is 11.6 Å². The van der Waals surface area contributed by atoms with Crippen LogP contribution in [0, 0.1) is 5.92 Å². The van der Waals surface area contributed by atoms with Gasteiger partial charge in [0.25, 0.3) is 0 Å². The van der Waals surface area contributed by atoms with Crippen LogP contribution < -0.4 is 5.32 Å². The Morgan fingerprint density at radius 3 is 2.62 bits per heavy atom. The fourth-order valence-corrected chi connectivity index (χ4v) is 1.81. The van der Waals surface area contributed by atoms with E-state index in [1.54, 1.807) is 0 Å². The molecule has 0 radical (unpaired) electrons. The Bertz CT molecular complexity index is 133. The highest BCUT2D eigenvalue weighted by atomic mass is 35.5. The van der Waals surface area contributed by atoms with E-state index in [4.69, 9.17) is 16.3 Å². The van der Waals surface area contributed by atoms with Crippen LogP contribution in [0.4, 0.5) is 0 Å². The van der Waals surface area contributed by atoms with Crippen LogP contribution in [0.1, 0.15) is 46.0 Å². The summed E-state index contributed by atoms with van der Waals surface area (Å²) in [6, 6.07) is 0. The van der Waals surface area contributed by atoms with E-state index in [9.17, 15) is 0 Å². The zero-order chi connectivity index (χ0) is 12.1. The molecule has 98 valence electrons. The van der Waals surface area contributed by atoms with Gasteiger partial charge in [-0.3, -0.25) is 0 Å². The van der Waals surface area contributed by atoms with Crippen LogP contribution in [0.2, 0.25) is 0 Å². The molecule has 0 saturated heterocycles. The maximum absolute atomic E-state index is 5.51. The average molecular weight is 250 g/mol. The Morgan fingerprint density at radius 1 is 1.19 bits per heavy atom. The molecule has 0 aliphatic heterocycles. The second-order valence-corrected chi connectivity index (χ2v) is 4.65. The van der Waals surface area contributed by atoms with Crippen molar-refractivity contribution in [3.8, 4) is 0 Å². The molecule has 0 bridgehead atoms. The molecule has 0 aromatic rings. The highest BCUT2D eigenvalue weighted by Crippen LogP contribution is 2.10. The molecule has 0 saturated carbocycles. The Labute approximate surface area is 106 Å². The number of nitrogens with one attached hydrogen (secondary N) is 1. The average Bonchev–Trinajstić information content (AvgIpc) is 2.32. The highest BCUT2D eigenvalue weighted by Gasteiger charge is 2.04. The summed E-state index contributed by atoms with van der Waals surface area (Å²) >= 11 is 5.51. The van der Waals surface area contributed by atoms with Crippen LogP contribution in [0.25, 0.3) is 0 Å². The van der Waals surface area contributed by atoms with Crippen LogP contribution in [0.3, 0.4) is 0 Å². The molecule has 0 aromatic carbocycles. The first-order valence-corrected chi connectivity index (χ1v) is 7.23. The number of alkyl halides is 1. The summed E-state index contributed by atoms with van der Waals surface area (Å²) in [5.41, 5.74) is 0. The van der Waals surface area contributed by atoms with Gasteiger partial charge in [0.2, 0.25) is 0 Å². The molecule has 0 fully saturated rings. The zero-order valence-electron chi connectivity index (χ0n) is 10.9. The van der Waals surface area contributed by atoms with Crippen molar-refractivity contribution in [3.63, 3.8) is 0 Å². The van der Waals surface area contributed by atoms with Gasteiger partial charge in [0, 0.05) is 12.5 Å². The smallest absolute Gasteiger partial charge is 0.0601 e. The quantitative estimate of drug-likeness (QED) is 0.423. The van der Waals surface area contributed by atoms with E-state index in [-0.39, 0.29) is 0 Å². The van der Waals surface area contributed by atoms with Gasteiger partial charge in [0.15, 0.2) is 0 Å². The van der Waals surface area contributed by atoms with E-state index in [0.29, 0.717) is 12.5 Å². The number of ether oxygens (including phenoxy) is 1. The topological polar surface area (TPSA) is 21.3 Å². The number of hydrogen-bond acceptors (Lipinski definition) is 2. The maximum Gasteiger partial charge on any atom is 0.0601 e. The molecular weight excluding hydrogens is 222 g/mol. The normalized spacial score (nSPS) is 12.9. The molecule has 1 unspecified atom stereocenters. The van der Waals surface area contributed by atoms with E-state index in [1.807, 2.05) is 0 Å². The Balaban J connectivity index is 3.20. The third kappa shape index (κ3) is 10.7. The zero-order valence-corrected chi connectivity index (χ0v) is 11.7. The molecule has 0 rings (SSSR count). The Morgan fingerprint density at radius 2 is 2.00 bits per heavy atom. The molecule has 3 heteroatoms. The first-order valence-electron chi connectivity index (χ1n) is 6.69. The highest BCUT2D eigenvalue weighted by molar-refractivity contribution is 6.17. The Kier molecular flexibility index (Phi) is 13.4. The van der Waals surface area contributed by atoms with Crippen LogP contribution in [0.5, 0.6) is 0 Å². The summed E-state index contributed by atoms with van der Waals surface area (Å²) in [7, 11) is 0. The molecule has 0 heterocycles. The standard InChI is InChI=1S/C13H28ClNO/c1-3-5-7-13(4-2)12-15-9-6-10-16-11-8-14/h13,15H,3-12H2,1-2H3. The first-order chi connectivity index (χ1) is 7.85. The minimum atomic E-state index is 0.600. The van der Waals surface area contributed by atoms with Gasteiger partial charge in [-0.1, -0.05) is 33.1 Å². The molecule has 16 heavy (non-hydrogen) atoms. The van der Waals surface area contributed by atoms with Crippen LogP contribution in [-0.2, 0) is 4.74 Å². The maximum atomic E-state index is 5.51. The SMILES string of the molecule is CCCCC(CC)CNCCCOCCCl. The molecule has 2 nitrogen and oxygen atoms in total. The van der Waals surface area contributed by atoms with Gasteiger partial charge >= 0.3 is 0 Å². The summed E-state index contributed by atoms with van der Waals surface area (Å²) < 4.78 is 5.31. The van der Waals surface area contributed by atoms with E-state index < -0.39 is 0 Å². The summed E-state index contributed by atoms with van der Waals surface area (Å²) in [6.07, 6.45) is 6.40. The van der Waals surface area contributed by atoms with Crippen molar-refractivity contribution in [2.75, 3.05) is 32.2 Å². The van der Waals surface area contributed by atoms with Crippen molar-refractivity contribution in [2.24, 2.45) is 5.92 Å². The molecule has 1 N–H and O–H groups in total. The van der Waals surface area contributed by atoms with Gasteiger partial charge in [0.05, 0.1) is 6.61 Å². The lowest BCUT2D eigenvalue weighted by Crippen LogP contribution is -2.24. The van der Waals surface area contributed by atoms with Crippen molar-refractivity contribution < 1.29 is 4.74 Å². The lowest BCUT2D eigenvalue weighted by atomic mass is 9.99. The van der Waals surface area contributed by atoms with E-state index in [2.05, 4.69) is 19.2 Å². The summed E-state index contributed by atoms with van der Waals surface area (Å²) in [5.74, 6) is 1.45. The van der Waals surface area contributed by atoms with Crippen molar-refractivity contribution >= 4 is 11.6 Å². The third-order valence-corrected chi connectivity index (χ3v) is 2.99. The van der Waals surface area contributed by atoms with Crippen molar-refractivity contribution in [1.82, 2.24) is 5.32 Å². The number of hydrogen-bond donors (Lipinski definition) is 1. The third-order valence-electron chi connectivity index (χ3n) is 2.84. The second-order valence-electron chi connectivity index (χ2n) is 4.28. The largest absolute Gasteiger partial charge is 0.380 e. The van der Waals surface area contributed by atoms with E-state index >= 15 is 0 Å². The van der Waals surface area contributed by atoms with Gasteiger partial charge in [-0.15, -0.1) is 11.6 Å². The molecule has 0 aliphatic carbocycles. The van der Waals surface area contributed by atoms with Crippen molar-refractivity contribution in [1.29, 1.82) is 0 Å². The molecular formula is C13H28ClNO. The summed E-state index contributed by atoms with van der Waals surface area (Å²) in [6.45, 7) is 8.26. The van der Waals surface area contributed by atoms with Gasteiger partial charge in [-0.05, 0) is 31.8 Å². The number of halogens is 1. The molecule has 0 spiro atoms. The monoisotopic (exact) mass is 249 g/mol. The van der Waals surface area contributed by atoms with Crippen molar-refractivity contribution in [3.05, 3.63) is 0 Å². The van der Waals surface area contributed by atoms with Crippen LogP contribution in [-0.4, -0.2) is 32.2 Å². The lowest BCUT2D eigenvalue weighted by Gasteiger charge is -2.15. The number of rotatable bonds is 12. The molecule has 0 aromatic heterocycles. The van der Waals surface area contributed by atoms with Gasteiger partial charge in [-0.25, -0.2) is 0 Å². The first kappa shape index (κ1) is 16.2. The molecule has 0 amide bonds. The van der Waals surface area contributed by atoms with Gasteiger partial charge in [-0.2, -0.15) is 0 Å². The van der Waals surface area contributed by atoms with Gasteiger partial charge in [0.1, 0.15) is 0 Å². The predicted molar refractivity (Wildman–Crippen MR) is 72.3 cm³/mol. The molecule has 0 aliphatic rings. The van der Waals surface area contributed by atoms with Crippen LogP contribution in [0.15, 0.2) is 0 Å². The van der Waals surface area contributed by atoms with Gasteiger partial charge < -0.3 is 10.1 Å². The minimum absolute atomic E-state index is 0.600. The summed E-state index contributed by atoms with van der Waals surface area (Å²) in [5, 5.41) is 3.51. The minimum Gasteiger partial charge on any atom is -0.380 e. The fourth-order valence-electron chi connectivity index (χ4n) is 1.71. The van der Waals surface area contributed by atoms with E-state index in [0.717, 1.165) is 32.0 Å². The predicted octanol–water partition coefficient (Wildman–Crippen LogP) is 3.44. The van der Waals surface area contributed by atoms with Crippen molar-refractivity contribution in [2.45, 2.75) is 46.0 Å². The van der Waals surface area contributed by atoms with E-state index in [1.165, 1.54) is 25.7 Å². The number of unbranched alkanes of at least 4 members (excludes halogenated alkanes) is 1. The Hall–Kier alpha value is 0.210. The molecule has 1 atom stereocenters. The summed E-state index contributed by atoms with van der Waals surface area (Å²) in [4.78, 5) is 0.